The van der Waals surface area contributed by atoms with Crippen molar-refractivity contribution >= 4 is 34.4 Å². The van der Waals surface area contributed by atoms with Gasteiger partial charge in [-0.2, -0.15) is 0 Å². The summed E-state index contributed by atoms with van der Waals surface area (Å²) in [4.78, 5) is 28.2. The molecule has 1 N–H and O–H groups in total. The van der Waals surface area contributed by atoms with Gasteiger partial charge in [0.25, 0.3) is 5.91 Å². The summed E-state index contributed by atoms with van der Waals surface area (Å²) in [6.07, 6.45) is 0. The highest BCUT2D eigenvalue weighted by Crippen LogP contribution is 2.17. The van der Waals surface area contributed by atoms with Crippen molar-refractivity contribution in [3.63, 3.8) is 0 Å². The first kappa shape index (κ1) is 18.7. The number of ether oxygens (including phenoxy) is 2. The van der Waals surface area contributed by atoms with E-state index in [1.807, 2.05) is 24.3 Å². The van der Waals surface area contributed by atoms with Crippen LogP contribution in [0, 0.1) is 0 Å². The average molecular weight is 385 g/mol. The second-order valence-corrected chi connectivity index (χ2v) is 6.13. The lowest BCUT2D eigenvalue weighted by molar-refractivity contribution is -0.124. The summed E-state index contributed by atoms with van der Waals surface area (Å²) in [5.41, 5.74) is 1.93. The van der Waals surface area contributed by atoms with E-state index in [1.165, 1.54) is 0 Å². The molecule has 0 saturated heterocycles. The van der Waals surface area contributed by atoms with Crippen molar-refractivity contribution in [3.8, 4) is 5.75 Å². The molecule has 1 aromatic heterocycles. The van der Waals surface area contributed by atoms with E-state index < -0.39 is 5.97 Å². The fourth-order valence-electron chi connectivity index (χ4n) is 2.44. The van der Waals surface area contributed by atoms with Crippen LogP contribution in [0.1, 0.15) is 15.9 Å². The van der Waals surface area contributed by atoms with Crippen molar-refractivity contribution < 1.29 is 19.1 Å². The van der Waals surface area contributed by atoms with Gasteiger partial charge in [0.2, 0.25) is 0 Å². The fraction of sp³-hybridized carbons (Fsp3) is 0.150. The molecule has 0 saturated carbocycles. The summed E-state index contributed by atoms with van der Waals surface area (Å²) < 4.78 is 10.1. The Bertz CT molecular complexity index is 973. The Morgan fingerprint density at radius 1 is 1.07 bits per heavy atom. The third-order valence-corrected chi connectivity index (χ3v) is 4.08. The Labute approximate surface area is 161 Å². The Morgan fingerprint density at radius 2 is 1.85 bits per heavy atom. The van der Waals surface area contributed by atoms with Gasteiger partial charge in [-0.05, 0) is 48.0 Å². The van der Waals surface area contributed by atoms with Gasteiger partial charge in [0.05, 0.1) is 18.2 Å². The molecule has 3 rings (SSSR count). The molecule has 0 unspecified atom stereocenters. The quantitative estimate of drug-likeness (QED) is 0.520. The number of benzene rings is 2. The van der Waals surface area contributed by atoms with E-state index in [0.717, 1.165) is 16.7 Å². The zero-order valence-corrected chi connectivity index (χ0v) is 15.3. The number of amides is 1. The highest BCUT2D eigenvalue weighted by molar-refractivity contribution is 6.29. The second kappa shape index (κ2) is 8.51. The molecule has 0 aliphatic carbocycles. The van der Waals surface area contributed by atoms with Crippen LogP contribution in [-0.2, 0) is 16.1 Å². The van der Waals surface area contributed by atoms with Crippen LogP contribution in [0.2, 0.25) is 5.15 Å². The highest BCUT2D eigenvalue weighted by Gasteiger charge is 2.11. The molecule has 0 atom stereocenters. The Kier molecular flexibility index (Phi) is 5.88. The topological polar surface area (TPSA) is 77.5 Å². The minimum Gasteiger partial charge on any atom is -0.497 e. The van der Waals surface area contributed by atoms with Crippen LogP contribution < -0.4 is 10.1 Å². The molecule has 0 radical (unpaired) electrons. The van der Waals surface area contributed by atoms with Crippen LogP contribution in [0.5, 0.6) is 5.75 Å². The van der Waals surface area contributed by atoms with E-state index in [2.05, 4.69) is 10.3 Å². The first-order valence-corrected chi connectivity index (χ1v) is 8.56. The molecule has 0 spiro atoms. The lowest BCUT2D eigenvalue weighted by atomic mass is 10.1. The summed E-state index contributed by atoms with van der Waals surface area (Å²) in [6.45, 7) is -0.0192. The lowest BCUT2D eigenvalue weighted by Crippen LogP contribution is -2.28. The molecule has 2 aromatic carbocycles. The Balaban J connectivity index is 1.52. The van der Waals surface area contributed by atoms with Gasteiger partial charge in [0.1, 0.15) is 10.9 Å². The summed E-state index contributed by atoms with van der Waals surface area (Å²) in [7, 11) is 1.59. The number of pyridine rings is 1. The molecule has 3 aromatic rings. The van der Waals surface area contributed by atoms with Gasteiger partial charge in [-0.25, -0.2) is 9.78 Å². The van der Waals surface area contributed by atoms with Crippen LogP contribution in [0.3, 0.4) is 0 Å². The molecule has 0 aliphatic heterocycles. The third kappa shape index (κ3) is 4.95. The molecule has 1 amide bonds. The van der Waals surface area contributed by atoms with E-state index in [4.69, 9.17) is 21.1 Å². The molecule has 1 heterocycles. The number of halogens is 1. The predicted molar refractivity (Wildman–Crippen MR) is 102 cm³/mol. The van der Waals surface area contributed by atoms with Gasteiger partial charge in [0, 0.05) is 11.9 Å². The van der Waals surface area contributed by atoms with Crippen LogP contribution in [0.15, 0.2) is 54.6 Å². The van der Waals surface area contributed by atoms with Gasteiger partial charge in [-0.1, -0.05) is 23.7 Å². The Hall–Kier alpha value is -3.12. The summed E-state index contributed by atoms with van der Waals surface area (Å²) in [6, 6.07) is 15.6. The van der Waals surface area contributed by atoms with E-state index in [1.54, 1.807) is 37.4 Å². The lowest BCUT2D eigenvalue weighted by Gasteiger charge is -2.08. The molecule has 0 bridgehead atoms. The van der Waals surface area contributed by atoms with Crippen molar-refractivity contribution in [3.05, 3.63) is 70.9 Å². The van der Waals surface area contributed by atoms with Gasteiger partial charge < -0.3 is 14.8 Å². The summed E-state index contributed by atoms with van der Waals surface area (Å²) in [5.74, 6) is -0.216. The monoisotopic (exact) mass is 384 g/mol. The maximum atomic E-state index is 12.1. The first-order valence-electron chi connectivity index (χ1n) is 8.18. The number of carbonyl (C=O) groups is 2. The number of rotatable bonds is 6. The molecule has 7 heteroatoms. The van der Waals surface area contributed by atoms with Gasteiger partial charge >= 0.3 is 5.97 Å². The van der Waals surface area contributed by atoms with Crippen molar-refractivity contribution in [1.82, 2.24) is 10.3 Å². The number of hydrogen-bond acceptors (Lipinski definition) is 5. The maximum Gasteiger partial charge on any atom is 0.338 e. The van der Waals surface area contributed by atoms with E-state index in [-0.39, 0.29) is 12.5 Å². The number of hydrogen-bond donors (Lipinski definition) is 1. The van der Waals surface area contributed by atoms with Gasteiger partial charge in [0.15, 0.2) is 6.61 Å². The SMILES string of the molecule is COc1ccc(CNC(=O)COC(=O)c2ccc3nc(Cl)ccc3c2)cc1. The number of esters is 1. The highest BCUT2D eigenvalue weighted by atomic mass is 35.5. The van der Waals surface area contributed by atoms with E-state index in [9.17, 15) is 9.59 Å². The third-order valence-electron chi connectivity index (χ3n) is 3.87. The molecule has 6 nitrogen and oxygen atoms in total. The van der Waals surface area contributed by atoms with Crippen molar-refractivity contribution in [2.45, 2.75) is 6.54 Å². The maximum absolute atomic E-state index is 12.1. The largest absolute Gasteiger partial charge is 0.497 e. The number of aromatic nitrogens is 1. The molecule has 0 fully saturated rings. The van der Waals surface area contributed by atoms with Crippen LogP contribution in [-0.4, -0.2) is 30.6 Å². The number of methoxy groups -OCH3 is 1. The first-order chi connectivity index (χ1) is 13.0. The van der Waals surface area contributed by atoms with Crippen LogP contribution in [0.4, 0.5) is 0 Å². The molecule has 0 aliphatic rings. The summed E-state index contributed by atoms with van der Waals surface area (Å²) >= 11 is 5.84. The van der Waals surface area contributed by atoms with Crippen molar-refractivity contribution in [2.24, 2.45) is 0 Å². The Morgan fingerprint density at radius 3 is 2.59 bits per heavy atom. The second-order valence-electron chi connectivity index (χ2n) is 5.74. The molecular formula is C20H17ClN2O4. The van der Waals surface area contributed by atoms with E-state index >= 15 is 0 Å². The predicted octanol–water partition coefficient (Wildman–Crippen LogP) is 3.37. The van der Waals surface area contributed by atoms with E-state index in [0.29, 0.717) is 22.8 Å². The van der Waals surface area contributed by atoms with Gasteiger partial charge in [-0.3, -0.25) is 4.79 Å². The summed E-state index contributed by atoms with van der Waals surface area (Å²) in [5, 5.41) is 3.84. The zero-order chi connectivity index (χ0) is 19.2. The minimum absolute atomic E-state index is 0.336. The molecule has 138 valence electrons. The van der Waals surface area contributed by atoms with Crippen LogP contribution >= 0.6 is 11.6 Å². The number of fused-ring (bicyclic) bond motifs is 1. The zero-order valence-electron chi connectivity index (χ0n) is 14.6. The standard InChI is InChI=1S/C20H17ClN2O4/c1-26-16-6-2-13(3-7-16)11-22-19(24)12-27-20(25)15-4-8-17-14(10-15)5-9-18(21)23-17/h2-10H,11-12H2,1H3,(H,22,24). The van der Waals surface area contributed by atoms with Gasteiger partial charge in [-0.15, -0.1) is 0 Å². The van der Waals surface area contributed by atoms with Crippen molar-refractivity contribution in [1.29, 1.82) is 0 Å². The average Bonchev–Trinajstić information content (AvgIpc) is 2.70. The minimum atomic E-state index is -0.577. The molecule has 27 heavy (non-hydrogen) atoms. The smallest absolute Gasteiger partial charge is 0.338 e. The molecular weight excluding hydrogens is 368 g/mol. The normalized spacial score (nSPS) is 10.4. The van der Waals surface area contributed by atoms with Crippen LogP contribution in [0.25, 0.3) is 10.9 Å². The number of carbonyl (C=O) groups excluding carboxylic acids is 2. The number of nitrogens with zero attached hydrogens (tertiary/aromatic N) is 1. The van der Waals surface area contributed by atoms with Crippen molar-refractivity contribution in [2.75, 3.05) is 13.7 Å². The fourth-order valence-corrected chi connectivity index (χ4v) is 2.59. The number of nitrogens with one attached hydrogen (secondary N) is 1.